The predicted octanol–water partition coefficient (Wildman–Crippen LogP) is 3.15. The summed E-state index contributed by atoms with van der Waals surface area (Å²) in [7, 11) is 1.69. The minimum Gasteiger partial charge on any atom is -0.341 e. The molecule has 0 aliphatic rings. The lowest BCUT2D eigenvalue weighted by Gasteiger charge is -2.11. The van der Waals surface area contributed by atoms with Crippen LogP contribution in [0.25, 0.3) is 10.7 Å². The van der Waals surface area contributed by atoms with Crippen LogP contribution in [-0.4, -0.2) is 44.3 Å². The van der Waals surface area contributed by atoms with E-state index >= 15 is 0 Å². The van der Waals surface area contributed by atoms with Crippen molar-refractivity contribution in [2.24, 2.45) is 0 Å². The third kappa shape index (κ3) is 3.77. The first-order valence-corrected chi connectivity index (χ1v) is 8.38. The van der Waals surface area contributed by atoms with Gasteiger partial charge in [0.1, 0.15) is 5.69 Å². The van der Waals surface area contributed by atoms with Crippen LogP contribution in [0, 0.1) is 0 Å². The zero-order valence-corrected chi connectivity index (χ0v) is 14.6. The lowest BCUT2D eigenvalue weighted by Crippen LogP contribution is -2.26. The van der Waals surface area contributed by atoms with Crippen molar-refractivity contribution in [1.29, 1.82) is 0 Å². The lowest BCUT2D eigenvalue weighted by molar-refractivity contribution is -0.159. The van der Waals surface area contributed by atoms with Crippen molar-refractivity contribution in [2.75, 3.05) is 13.6 Å². The monoisotopic (exact) mass is 385 g/mol. The van der Waals surface area contributed by atoms with Gasteiger partial charge in [0.25, 0.3) is 5.91 Å². The van der Waals surface area contributed by atoms with Gasteiger partial charge in [-0.05, 0) is 25.1 Å². The van der Waals surface area contributed by atoms with Crippen LogP contribution in [0.3, 0.4) is 0 Å². The van der Waals surface area contributed by atoms with E-state index in [2.05, 4.69) is 19.8 Å². The molecule has 3 heterocycles. The zero-order valence-electron chi connectivity index (χ0n) is 13.8. The summed E-state index contributed by atoms with van der Waals surface area (Å²) in [6.07, 6.45) is -3.00. The van der Waals surface area contributed by atoms with E-state index in [0.29, 0.717) is 23.7 Å². The van der Waals surface area contributed by atoms with Gasteiger partial charge in [-0.15, -0.1) is 11.3 Å². The number of rotatable bonds is 5. The Kier molecular flexibility index (Phi) is 4.81. The SMILES string of the molecule is CCN(C)C(=O)c1ccn(Cc2ccc(-c3noc(C(F)(F)F)n3)s2)n1. The van der Waals surface area contributed by atoms with E-state index in [9.17, 15) is 18.0 Å². The highest BCUT2D eigenvalue weighted by molar-refractivity contribution is 7.15. The van der Waals surface area contributed by atoms with Gasteiger partial charge in [-0.2, -0.15) is 23.3 Å². The van der Waals surface area contributed by atoms with Crippen LogP contribution >= 0.6 is 11.3 Å². The molecule has 0 radical (unpaired) electrons. The van der Waals surface area contributed by atoms with Crippen LogP contribution in [0.4, 0.5) is 13.2 Å². The van der Waals surface area contributed by atoms with Gasteiger partial charge in [0, 0.05) is 24.7 Å². The van der Waals surface area contributed by atoms with Crippen molar-refractivity contribution in [1.82, 2.24) is 24.8 Å². The fraction of sp³-hybridized carbons (Fsp3) is 0.333. The molecule has 0 fully saturated rings. The second kappa shape index (κ2) is 6.90. The first-order valence-electron chi connectivity index (χ1n) is 7.57. The Bertz CT molecular complexity index is 914. The molecular weight excluding hydrogens is 371 g/mol. The number of carbonyl (C=O) groups is 1. The third-order valence-corrected chi connectivity index (χ3v) is 4.62. The second-order valence-corrected chi connectivity index (χ2v) is 6.57. The Hall–Kier alpha value is -2.69. The third-order valence-electron chi connectivity index (χ3n) is 3.55. The molecular formula is C15H14F3N5O2S. The molecule has 0 unspecified atom stereocenters. The minimum atomic E-state index is -4.67. The van der Waals surface area contributed by atoms with Gasteiger partial charge in [-0.25, -0.2) is 0 Å². The van der Waals surface area contributed by atoms with E-state index in [1.165, 1.54) is 11.3 Å². The van der Waals surface area contributed by atoms with E-state index in [0.717, 1.165) is 4.88 Å². The number of hydrogen-bond donors (Lipinski definition) is 0. The van der Waals surface area contributed by atoms with Gasteiger partial charge in [0.2, 0.25) is 5.82 Å². The van der Waals surface area contributed by atoms with Gasteiger partial charge < -0.3 is 9.42 Å². The van der Waals surface area contributed by atoms with Crippen LogP contribution in [0.5, 0.6) is 0 Å². The molecule has 11 heteroatoms. The number of carbonyl (C=O) groups excluding carboxylic acids is 1. The summed E-state index contributed by atoms with van der Waals surface area (Å²) in [5, 5.41) is 7.59. The molecule has 0 saturated carbocycles. The number of hydrogen-bond acceptors (Lipinski definition) is 6. The van der Waals surface area contributed by atoms with Gasteiger partial charge in [0.15, 0.2) is 0 Å². The maximum Gasteiger partial charge on any atom is 0.471 e. The zero-order chi connectivity index (χ0) is 18.9. The largest absolute Gasteiger partial charge is 0.471 e. The van der Waals surface area contributed by atoms with Crippen LogP contribution in [0.15, 0.2) is 28.9 Å². The highest BCUT2D eigenvalue weighted by atomic mass is 32.1. The Morgan fingerprint density at radius 2 is 2.12 bits per heavy atom. The lowest BCUT2D eigenvalue weighted by atomic mass is 10.4. The summed E-state index contributed by atoms with van der Waals surface area (Å²) in [5.41, 5.74) is 0.333. The highest BCUT2D eigenvalue weighted by Crippen LogP contribution is 2.31. The average molecular weight is 385 g/mol. The summed E-state index contributed by atoms with van der Waals surface area (Å²) >= 11 is 1.22. The number of amides is 1. The van der Waals surface area contributed by atoms with Gasteiger partial charge in [-0.1, -0.05) is 5.16 Å². The van der Waals surface area contributed by atoms with Gasteiger partial charge >= 0.3 is 12.1 Å². The Morgan fingerprint density at radius 3 is 2.77 bits per heavy atom. The number of alkyl halides is 3. The van der Waals surface area contributed by atoms with Gasteiger partial charge in [-0.3, -0.25) is 9.48 Å². The molecule has 0 aromatic carbocycles. The van der Waals surface area contributed by atoms with Crippen LogP contribution in [-0.2, 0) is 12.7 Å². The molecule has 0 bridgehead atoms. The molecule has 7 nitrogen and oxygen atoms in total. The maximum absolute atomic E-state index is 12.5. The van der Waals surface area contributed by atoms with Crippen molar-refractivity contribution >= 4 is 17.2 Å². The summed E-state index contributed by atoms with van der Waals surface area (Å²) in [6.45, 7) is 2.81. The average Bonchev–Trinajstić information content (AvgIpc) is 3.32. The summed E-state index contributed by atoms with van der Waals surface area (Å²) < 4.78 is 43.4. The molecule has 3 aromatic rings. The smallest absolute Gasteiger partial charge is 0.341 e. The van der Waals surface area contributed by atoms with Crippen LogP contribution in [0.2, 0.25) is 0 Å². The Morgan fingerprint density at radius 1 is 1.35 bits per heavy atom. The molecule has 0 atom stereocenters. The summed E-state index contributed by atoms with van der Waals surface area (Å²) in [4.78, 5) is 18.2. The fourth-order valence-corrected chi connectivity index (χ4v) is 3.01. The molecule has 0 aliphatic heterocycles. The van der Waals surface area contributed by atoms with E-state index in [1.807, 2.05) is 6.92 Å². The quantitative estimate of drug-likeness (QED) is 0.674. The second-order valence-electron chi connectivity index (χ2n) is 5.40. The molecule has 26 heavy (non-hydrogen) atoms. The number of nitrogens with zero attached hydrogens (tertiary/aromatic N) is 5. The van der Waals surface area contributed by atoms with Crippen molar-refractivity contribution < 1.29 is 22.5 Å². The van der Waals surface area contributed by atoms with E-state index in [4.69, 9.17) is 0 Å². The Labute approximate surface area is 150 Å². The minimum absolute atomic E-state index is 0.116. The molecule has 3 aromatic heterocycles. The fourth-order valence-electron chi connectivity index (χ4n) is 2.08. The Balaban J connectivity index is 1.72. The number of aromatic nitrogens is 4. The molecule has 0 N–H and O–H groups in total. The van der Waals surface area contributed by atoms with E-state index in [-0.39, 0.29) is 11.7 Å². The van der Waals surface area contributed by atoms with E-state index in [1.54, 1.807) is 41.0 Å². The van der Waals surface area contributed by atoms with Crippen molar-refractivity contribution in [3.05, 3.63) is 40.9 Å². The number of thiophene rings is 1. The highest BCUT2D eigenvalue weighted by Gasteiger charge is 2.38. The molecule has 0 saturated heterocycles. The molecule has 0 aliphatic carbocycles. The normalized spacial score (nSPS) is 11.7. The van der Waals surface area contributed by atoms with Crippen LogP contribution in [0.1, 0.15) is 28.2 Å². The molecule has 3 rings (SSSR count). The molecule has 0 spiro atoms. The van der Waals surface area contributed by atoms with Gasteiger partial charge in [0.05, 0.1) is 11.4 Å². The standard InChI is InChI=1S/C15H14F3N5O2S/c1-3-22(2)13(24)10-6-7-23(20-10)8-9-4-5-11(26-9)12-19-14(25-21-12)15(16,17)18/h4-7H,3,8H2,1-2H3. The van der Waals surface area contributed by atoms with Crippen molar-refractivity contribution in [3.63, 3.8) is 0 Å². The maximum atomic E-state index is 12.5. The molecule has 138 valence electrons. The summed E-state index contributed by atoms with van der Waals surface area (Å²) in [5.74, 6) is -1.67. The van der Waals surface area contributed by atoms with Crippen molar-refractivity contribution in [3.8, 4) is 10.7 Å². The van der Waals surface area contributed by atoms with Crippen LogP contribution < -0.4 is 0 Å². The first kappa shape index (κ1) is 18.1. The molecule has 1 amide bonds. The first-order chi connectivity index (χ1) is 12.3. The van der Waals surface area contributed by atoms with Crippen molar-refractivity contribution in [2.45, 2.75) is 19.6 Å². The topological polar surface area (TPSA) is 77.0 Å². The predicted molar refractivity (Wildman–Crippen MR) is 86.6 cm³/mol. The summed E-state index contributed by atoms with van der Waals surface area (Å²) in [6, 6.07) is 4.98. The number of halogens is 3. The van der Waals surface area contributed by atoms with E-state index < -0.39 is 12.1 Å².